The van der Waals surface area contributed by atoms with E-state index in [-0.39, 0.29) is 11.0 Å². The number of methoxy groups -OCH3 is 1. The fourth-order valence-corrected chi connectivity index (χ4v) is 2.23. The molecule has 0 spiro atoms. The van der Waals surface area contributed by atoms with Gasteiger partial charge in [0.15, 0.2) is 0 Å². The van der Waals surface area contributed by atoms with Gasteiger partial charge in [-0.2, -0.15) is 8.42 Å². The van der Waals surface area contributed by atoms with E-state index in [0.29, 0.717) is 12.0 Å². The number of aryl methyl sites for hydroxylation is 1. The van der Waals surface area contributed by atoms with Gasteiger partial charge in [0.05, 0.1) is 11.0 Å². The van der Waals surface area contributed by atoms with Crippen LogP contribution in [-0.4, -0.2) is 26.2 Å². The lowest BCUT2D eigenvalue weighted by Crippen LogP contribution is -2.12. The van der Waals surface area contributed by atoms with Gasteiger partial charge >= 0.3 is 0 Å². The average molecular weight is 244 g/mol. The molecule has 0 aromatic heterocycles. The second kappa shape index (κ2) is 4.95. The third kappa shape index (κ3) is 3.30. The van der Waals surface area contributed by atoms with Gasteiger partial charge in [-0.25, -0.2) is 0 Å². The number of hydrogen-bond donors (Lipinski definition) is 1. The maximum Gasteiger partial charge on any atom is 0.294 e. The molecule has 0 aliphatic heterocycles. The van der Waals surface area contributed by atoms with Gasteiger partial charge in [-0.15, -0.1) is 0 Å². The van der Waals surface area contributed by atoms with Crippen LogP contribution in [0.2, 0.25) is 0 Å². The Labute approximate surface area is 96.0 Å². The summed E-state index contributed by atoms with van der Waals surface area (Å²) in [5.41, 5.74) is 1.53. The molecule has 0 saturated carbocycles. The summed E-state index contributed by atoms with van der Waals surface area (Å²) in [6.45, 7) is 3.71. The van der Waals surface area contributed by atoms with Crippen molar-refractivity contribution in [3.8, 4) is 0 Å². The van der Waals surface area contributed by atoms with Crippen LogP contribution in [0.25, 0.3) is 0 Å². The molecular weight excluding hydrogens is 228 g/mol. The average Bonchev–Trinajstić information content (AvgIpc) is 2.15. The molecule has 1 rings (SSSR count). The van der Waals surface area contributed by atoms with Crippen LogP contribution in [-0.2, 0) is 21.3 Å². The molecular formula is C11H16O4S. The molecule has 1 aromatic carbocycles. The van der Waals surface area contributed by atoms with Crippen LogP contribution in [0.3, 0.4) is 0 Å². The Morgan fingerprint density at radius 2 is 2.06 bits per heavy atom. The highest BCUT2D eigenvalue weighted by atomic mass is 32.2. The summed E-state index contributed by atoms with van der Waals surface area (Å²) in [6, 6.07) is 4.82. The Bertz CT molecular complexity index is 465. The van der Waals surface area contributed by atoms with Gasteiger partial charge in [-0.05, 0) is 31.9 Å². The van der Waals surface area contributed by atoms with Crippen molar-refractivity contribution in [1.29, 1.82) is 0 Å². The zero-order chi connectivity index (χ0) is 12.3. The van der Waals surface area contributed by atoms with Crippen LogP contribution < -0.4 is 0 Å². The van der Waals surface area contributed by atoms with Crippen LogP contribution in [0.4, 0.5) is 0 Å². The van der Waals surface area contributed by atoms with E-state index < -0.39 is 10.1 Å². The van der Waals surface area contributed by atoms with Crippen molar-refractivity contribution in [1.82, 2.24) is 0 Å². The topological polar surface area (TPSA) is 63.6 Å². The molecule has 90 valence electrons. The Balaban J connectivity index is 3.19. The lowest BCUT2D eigenvalue weighted by molar-refractivity contribution is 0.118. The van der Waals surface area contributed by atoms with Gasteiger partial charge in [0.25, 0.3) is 10.1 Å². The maximum atomic E-state index is 11.1. The van der Waals surface area contributed by atoms with Crippen molar-refractivity contribution in [3.63, 3.8) is 0 Å². The summed E-state index contributed by atoms with van der Waals surface area (Å²) < 4.78 is 36.5. The standard InChI is InChI=1S/C11H16O4S/c1-8-4-5-11(16(12,13)14)10(6-8)7-9(2)15-3/h4-6,9H,7H2,1-3H3,(H,12,13,14). The molecule has 16 heavy (non-hydrogen) atoms. The van der Waals surface area contributed by atoms with Crippen LogP contribution in [0.1, 0.15) is 18.1 Å². The van der Waals surface area contributed by atoms with Crippen molar-refractivity contribution in [2.45, 2.75) is 31.3 Å². The summed E-state index contributed by atoms with van der Waals surface area (Å²) in [7, 11) is -2.60. The molecule has 0 amide bonds. The summed E-state index contributed by atoms with van der Waals surface area (Å²) in [6.07, 6.45) is 0.357. The second-order valence-electron chi connectivity index (χ2n) is 3.84. The molecule has 1 unspecified atom stereocenters. The predicted octanol–water partition coefficient (Wildman–Crippen LogP) is 1.82. The quantitative estimate of drug-likeness (QED) is 0.820. The van der Waals surface area contributed by atoms with Crippen molar-refractivity contribution < 1.29 is 17.7 Å². The van der Waals surface area contributed by atoms with Gasteiger partial charge in [-0.3, -0.25) is 4.55 Å². The van der Waals surface area contributed by atoms with E-state index in [0.717, 1.165) is 5.56 Å². The Kier molecular flexibility index (Phi) is 4.07. The minimum atomic E-state index is -4.16. The summed E-state index contributed by atoms with van der Waals surface area (Å²) >= 11 is 0. The first kappa shape index (κ1) is 13.2. The maximum absolute atomic E-state index is 11.1. The molecule has 1 aromatic rings. The molecule has 0 aliphatic rings. The largest absolute Gasteiger partial charge is 0.381 e. The van der Waals surface area contributed by atoms with E-state index in [2.05, 4.69) is 0 Å². The fourth-order valence-electron chi connectivity index (χ4n) is 1.51. The highest BCUT2D eigenvalue weighted by molar-refractivity contribution is 7.85. The van der Waals surface area contributed by atoms with Gasteiger partial charge in [0.1, 0.15) is 0 Å². The molecule has 0 fully saturated rings. The molecule has 4 nitrogen and oxygen atoms in total. The summed E-state index contributed by atoms with van der Waals surface area (Å²) in [4.78, 5) is -0.0398. The van der Waals surface area contributed by atoms with Crippen LogP contribution in [0, 0.1) is 6.92 Å². The van der Waals surface area contributed by atoms with Crippen LogP contribution in [0.5, 0.6) is 0 Å². The molecule has 0 bridgehead atoms. The lowest BCUT2D eigenvalue weighted by atomic mass is 10.1. The first-order valence-corrected chi connectivity index (χ1v) is 6.38. The number of ether oxygens (including phenoxy) is 1. The van der Waals surface area contributed by atoms with Gasteiger partial charge in [0.2, 0.25) is 0 Å². The minimum absolute atomic E-state index is 0.0398. The normalized spacial score (nSPS) is 13.8. The first-order valence-electron chi connectivity index (χ1n) is 4.94. The second-order valence-corrected chi connectivity index (χ2v) is 5.23. The third-order valence-electron chi connectivity index (χ3n) is 2.40. The predicted molar refractivity (Wildman–Crippen MR) is 61.2 cm³/mol. The molecule has 1 atom stereocenters. The van der Waals surface area contributed by atoms with Crippen LogP contribution in [0.15, 0.2) is 23.1 Å². The molecule has 5 heteroatoms. The third-order valence-corrected chi connectivity index (χ3v) is 3.36. The van der Waals surface area contributed by atoms with E-state index >= 15 is 0 Å². The fraction of sp³-hybridized carbons (Fsp3) is 0.455. The Hall–Kier alpha value is -0.910. The van der Waals surface area contributed by atoms with Crippen molar-refractivity contribution in [2.75, 3.05) is 7.11 Å². The zero-order valence-electron chi connectivity index (χ0n) is 9.60. The van der Waals surface area contributed by atoms with Crippen LogP contribution >= 0.6 is 0 Å². The Morgan fingerprint density at radius 1 is 1.44 bits per heavy atom. The Morgan fingerprint density at radius 3 is 2.56 bits per heavy atom. The minimum Gasteiger partial charge on any atom is -0.381 e. The van der Waals surface area contributed by atoms with Crippen molar-refractivity contribution in [2.24, 2.45) is 0 Å². The molecule has 1 N–H and O–H groups in total. The molecule has 0 heterocycles. The number of benzene rings is 1. The zero-order valence-corrected chi connectivity index (χ0v) is 10.4. The smallest absolute Gasteiger partial charge is 0.294 e. The van der Waals surface area contributed by atoms with E-state index in [1.807, 2.05) is 13.8 Å². The van der Waals surface area contributed by atoms with E-state index in [1.165, 1.54) is 6.07 Å². The van der Waals surface area contributed by atoms with E-state index in [1.54, 1.807) is 19.2 Å². The number of hydrogen-bond acceptors (Lipinski definition) is 3. The monoisotopic (exact) mass is 244 g/mol. The number of rotatable bonds is 4. The van der Waals surface area contributed by atoms with E-state index in [9.17, 15) is 8.42 Å². The van der Waals surface area contributed by atoms with Gasteiger partial charge in [-0.1, -0.05) is 17.7 Å². The lowest BCUT2D eigenvalue weighted by Gasteiger charge is -2.12. The van der Waals surface area contributed by atoms with Crippen molar-refractivity contribution in [3.05, 3.63) is 29.3 Å². The summed E-state index contributed by atoms with van der Waals surface area (Å²) in [5, 5.41) is 0. The van der Waals surface area contributed by atoms with Gasteiger partial charge in [0, 0.05) is 7.11 Å². The van der Waals surface area contributed by atoms with Gasteiger partial charge < -0.3 is 4.74 Å². The van der Waals surface area contributed by atoms with Crippen molar-refractivity contribution >= 4 is 10.1 Å². The highest BCUT2D eigenvalue weighted by Crippen LogP contribution is 2.19. The first-order chi connectivity index (χ1) is 7.34. The summed E-state index contributed by atoms with van der Waals surface area (Å²) in [5.74, 6) is 0. The SMILES string of the molecule is COC(C)Cc1cc(C)ccc1S(=O)(=O)O. The molecule has 0 aliphatic carbocycles. The molecule has 0 saturated heterocycles. The molecule has 0 radical (unpaired) electrons. The van der Waals surface area contributed by atoms with E-state index in [4.69, 9.17) is 9.29 Å². The highest BCUT2D eigenvalue weighted by Gasteiger charge is 2.16.